The average Bonchev–Trinajstić information content (AvgIpc) is 3.15. The minimum Gasteiger partial charge on any atom is -0.454 e. The summed E-state index contributed by atoms with van der Waals surface area (Å²) in [6.45, 7) is 0.812. The molecule has 1 aliphatic heterocycles. The molecule has 1 aliphatic rings. The Balaban J connectivity index is 1.72. The Bertz CT molecular complexity index is 874. The zero-order chi connectivity index (χ0) is 14.9. The fraction of sp³-hybridized carbons (Fsp3) is 0.143. The summed E-state index contributed by atoms with van der Waals surface area (Å²) >= 11 is 5.31. The first kappa shape index (κ1) is 13.0. The Morgan fingerprint density at radius 3 is 3.00 bits per heavy atom. The lowest BCUT2D eigenvalue weighted by Gasteiger charge is -2.07. The summed E-state index contributed by atoms with van der Waals surface area (Å²) in [5, 5.41) is 7.04. The van der Waals surface area contributed by atoms with E-state index in [0.29, 0.717) is 22.8 Å². The van der Waals surface area contributed by atoms with Crippen molar-refractivity contribution in [2.75, 3.05) is 6.79 Å². The summed E-state index contributed by atoms with van der Waals surface area (Å²) in [5.41, 5.74) is 1.70. The van der Waals surface area contributed by atoms with Gasteiger partial charge in [-0.1, -0.05) is 6.07 Å². The highest BCUT2D eigenvalue weighted by molar-refractivity contribution is 7.71. The van der Waals surface area contributed by atoms with Gasteiger partial charge in [0.2, 0.25) is 6.79 Å². The maximum atomic E-state index is 5.40. The second-order valence-electron chi connectivity index (χ2n) is 4.72. The van der Waals surface area contributed by atoms with Crippen molar-refractivity contribution >= 4 is 12.2 Å². The van der Waals surface area contributed by atoms with Crippen LogP contribution in [0.15, 0.2) is 36.8 Å². The average molecular weight is 313 g/mol. The van der Waals surface area contributed by atoms with Gasteiger partial charge in [-0.25, -0.2) is 4.98 Å². The van der Waals surface area contributed by atoms with Gasteiger partial charge in [-0.05, 0) is 29.9 Å². The maximum Gasteiger partial charge on any atom is 0.231 e. The molecular weight excluding hydrogens is 302 g/mol. The zero-order valence-corrected chi connectivity index (χ0v) is 12.2. The van der Waals surface area contributed by atoms with Crippen LogP contribution >= 0.6 is 12.2 Å². The Labute approximate surface area is 130 Å². The highest BCUT2D eigenvalue weighted by atomic mass is 32.1. The molecular formula is C14H11N5O2S. The lowest BCUT2D eigenvalue weighted by molar-refractivity contribution is 0.174. The first-order valence-corrected chi connectivity index (χ1v) is 7.02. The minimum atomic E-state index is 0.259. The van der Waals surface area contributed by atoms with Crippen LogP contribution in [-0.4, -0.2) is 31.5 Å². The van der Waals surface area contributed by atoms with Crippen LogP contribution in [0, 0.1) is 4.77 Å². The summed E-state index contributed by atoms with van der Waals surface area (Å²) < 4.78 is 13.1. The zero-order valence-electron chi connectivity index (χ0n) is 11.4. The van der Waals surface area contributed by atoms with Crippen molar-refractivity contribution in [2.45, 2.75) is 6.54 Å². The maximum absolute atomic E-state index is 5.40. The second kappa shape index (κ2) is 5.23. The summed E-state index contributed by atoms with van der Waals surface area (Å²) in [6, 6.07) is 5.81. The van der Waals surface area contributed by atoms with Crippen molar-refractivity contribution in [1.29, 1.82) is 0 Å². The van der Waals surface area contributed by atoms with Crippen LogP contribution in [0.3, 0.4) is 0 Å². The number of aromatic amines is 1. The van der Waals surface area contributed by atoms with Gasteiger partial charge in [0.1, 0.15) is 5.69 Å². The van der Waals surface area contributed by atoms with Crippen LogP contribution in [0.5, 0.6) is 11.5 Å². The molecule has 0 saturated heterocycles. The van der Waals surface area contributed by atoms with Gasteiger partial charge in [0.25, 0.3) is 0 Å². The Kier molecular flexibility index (Phi) is 3.08. The third-order valence-electron chi connectivity index (χ3n) is 3.33. The molecule has 8 heteroatoms. The van der Waals surface area contributed by atoms with Gasteiger partial charge < -0.3 is 9.47 Å². The van der Waals surface area contributed by atoms with Crippen molar-refractivity contribution in [3.8, 4) is 23.0 Å². The minimum absolute atomic E-state index is 0.259. The van der Waals surface area contributed by atoms with E-state index in [0.717, 1.165) is 17.1 Å². The Hall–Kier alpha value is -2.74. The number of H-pyrrole nitrogens is 1. The van der Waals surface area contributed by atoms with Crippen molar-refractivity contribution < 1.29 is 9.47 Å². The molecule has 22 heavy (non-hydrogen) atoms. The van der Waals surface area contributed by atoms with Crippen LogP contribution in [0.25, 0.3) is 11.5 Å². The van der Waals surface area contributed by atoms with Crippen molar-refractivity contribution in [3.05, 3.63) is 47.1 Å². The Morgan fingerprint density at radius 1 is 1.23 bits per heavy atom. The molecule has 0 atom stereocenters. The van der Waals surface area contributed by atoms with E-state index in [4.69, 9.17) is 21.7 Å². The molecule has 3 heterocycles. The van der Waals surface area contributed by atoms with E-state index >= 15 is 0 Å². The molecule has 0 amide bonds. The summed E-state index contributed by atoms with van der Waals surface area (Å²) in [4.78, 5) is 8.33. The van der Waals surface area contributed by atoms with Crippen molar-refractivity contribution in [3.63, 3.8) is 0 Å². The number of nitrogens with one attached hydrogen (secondary N) is 1. The first-order valence-electron chi connectivity index (χ1n) is 6.61. The van der Waals surface area contributed by atoms with Crippen LogP contribution < -0.4 is 9.47 Å². The molecule has 3 aromatic rings. The predicted octanol–water partition coefficient (Wildman–Crippen LogP) is 2.17. The normalized spacial score (nSPS) is 12.5. The number of nitrogens with zero attached hydrogens (tertiary/aromatic N) is 4. The van der Waals surface area contributed by atoms with E-state index < -0.39 is 0 Å². The van der Waals surface area contributed by atoms with Crippen LogP contribution in [0.4, 0.5) is 0 Å². The lowest BCUT2D eigenvalue weighted by Crippen LogP contribution is -2.03. The molecule has 1 aromatic carbocycles. The van der Waals surface area contributed by atoms with Gasteiger partial charge in [-0.3, -0.25) is 14.6 Å². The quantitative estimate of drug-likeness (QED) is 0.747. The van der Waals surface area contributed by atoms with E-state index in [1.54, 1.807) is 18.6 Å². The molecule has 1 N–H and O–H groups in total. The molecule has 0 fully saturated rings. The predicted molar refractivity (Wildman–Crippen MR) is 80.1 cm³/mol. The monoisotopic (exact) mass is 313 g/mol. The summed E-state index contributed by atoms with van der Waals surface area (Å²) in [7, 11) is 0. The third kappa shape index (κ3) is 2.23. The number of benzene rings is 1. The van der Waals surface area contributed by atoms with Gasteiger partial charge in [0.05, 0.1) is 12.7 Å². The second-order valence-corrected chi connectivity index (χ2v) is 5.10. The van der Waals surface area contributed by atoms with Crippen molar-refractivity contribution in [2.24, 2.45) is 0 Å². The number of fused-ring (bicyclic) bond motifs is 1. The van der Waals surface area contributed by atoms with Crippen LogP contribution in [-0.2, 0) is 6.54 Å². The first-order chi connectivity index (χ1) is 10.8. The van der Waals surface area contributed by atoms with E-state index in [2.05, 4.69) is 20.2 Å². The van der Waals surface area contributed by atoms with Crippen LogP contribution in [0.1, 0.15) is 5.56 Å². The van der Waals surface area contributed by atoms with Gasteiger partial charge in [0.15, 0.2) is 22.1 Å². The molecule has 110 valence electrons. The molecule has 2 aromatic heterocycles. The van der Waals surface area contributed by atoms with E-state index in [1.165, 1.54) is 0 Å². The number of hydrogen-bond acceptors (Lipinski definition) is 6. The molecule has 0 unspecified atom stereocenters. The summed E-state index contributed by atoms with van der Waals surface area (Å²) in [5.74, 6) is 2.15. The van der Waals surface area contributed by atoms with Crippen molar-refractivity contribution in [1.82, 2.24) is 24.7 Å². The van der Waals surface area contributed by atoms with Crippen LogP contribution in [0.2, 0.25) is 0 Å². The number of ether oxygens (including phenoxy) is 2. The number of hydrogen-bond donors (Lipinski definition) is 1. The van der Waals surface area contributed by atoms with Gasteiger partial charge in [0, 0.05) is 12.4 Å². The smallest absolute Gasteiger partial charge is 0.231 e. The molecule has 0 aliphatic carbocycles. The fourth-order valence-corrected chi connectivity index (χ4v) is 2.49. The fourth-order valence-electron chi connectivity index (χ4n) is 2.30. The highest BCUT2D eigenvalue weighted by Gasteiger charge is 2.15. The van der Waals surface area contributed by atoms with E-state index in [-0.39, 0.29) is 6.79 Å². The Morgan fingerprint density at radius 2 is 2.14 bits per heavy atom. The van der Waals surface area contributed by atoms with Gasteiger partial charge >= 0.3 is 0 Å². The molecule has 0 bridgehead atoms. The lowest BCUT2D eigenvalue weighted by atomic mass is 10.2. The highest BCUT2D eigenvalue weighted by Crippen LogP contribution is 2.32. The largest absolute Gasteiger partial charge is 0.454 e. The number of rotatable bonds is 3. The molecule has 0 spiro atoms. The van der Waals surface area contributed by atoms with Gasteiger partial charge in [-0.2, -0.15) is 5.10 Å². The third-order valence-corrected chi connectivity index (χ3v) is 3.64. The molecule has 4 rings (SSSR count). The topological polar surface area (TPSA) is 77.9 Å². The molecule has 0 saturated carbocycles. The SMILES string of the molecule is S=c1[nH]nc(-c2cnccn2)n1Cc1ccc2c(c1)OCO2. The molecule has 7 nitrogen and oxygen atoms in total. The summed E-state index contributed by atoms with van der Waals surface area (Å²) in [6.07, 6.45) is 4.89. The van der Waals surface area contributed by atoms with E-state index in [1.807, 2.05) is 22.8 Å². The van der Waals surface area contributed by atoms with Gasteiger partial charge in [-0.15, -0.1) is 0 Å². The van der Waals surface area contributed by atoms with E-state index in [9.17, 15) is 0 Å². The molecule has 0 radical (unpaired) electrons. The number of aromatic nitrogens is 5. The standard InChI is InChI=1S/C14H11N5O2S/c22-14-18-17-13(10-6-15-3-4-16-10)19(14)7-9-1-2-11-12(5-9)21-8-20-11/h1-6H,7-8H2,(H,18,22).